The van der Waals surface area contributed by atoms with Crippen LogP contribution in [-0.2, 0) is 0 Å². The van der Waals surface area contributed by atoms with Crippen molar-refractivity contribution in [3.8, 4) is 0 Å². The minimum atomic E-state index is 0.212. The van der Waals surface area contributed by atoms with Gasteiger partial charge in [-0.25, -0.2) is 0 Å². The van der Waals surface area contributed by atoms with Crippen LogP contribution in [0.1, 0.15) is 58.3 Å². The number of aliphatic hydroxyl groups is 1. The van der Waals surface area contributed by atoms with Crippen LogP contribution in [0.3, 0.4) is 0 Å². The van der Waals surface area contributed by atoms with E-state index in [1.54, 1.807) is 0 Å². The zero-order chi connectivity index (χ0) is 12.3. The van der Waals surface area contributed by atoms with E-state index in [1.807, 2.05) is 0 Å². The lowest BCUT2D eigenvalue weighted by molar-refractivity contribution is 0.0256. The second-order valence-corrected chi connectivity index (χ2v) is 6.69. The second kappa shape index (κ2) is 5.71. The van der Waals surface area contributed by atoms with Gasteiger partial charge in [-0.2, -0.15) is 0 Å². The summed E-state index contributed by atoms with van der Waals surface area (Å²) in [6.07, 6.45) is 10.6. The summed E-state index contributed by atoms with van der Waals surface area (Å²) in [6.45, 7) is 3.85. The summed E-state index contributed by atoms with van der Waals surface area (Å²) in [6, 6.07) is 0.790. The van der Waals surface area contributed by atoms with E-state index < -0.39 is 0 Å². The highest BCUT2D eigenvalue weighted by atomic mass is 16.3. The van der Waals surface area contributed by atoms with E-state index >= 15 is 0 Å². The molecular weight excluding hydrogens is 210 g/mol. The minimum Gasteiger partial charge on any atom is -0.396 e. The van der Waals surface area contributed by atoms with Gasteiger partial charge in [0.1, 0.15) is 0 Å². The molecule has 0 saturated heterocycles. The number of rotatable bonds is 4. The Bertz CT molecular complexity index is 227. The predicted molar refractivity (Wildman–Crippen MR) is 72.0 cm³/mol. The minimum absolute atomic E-state index is 0.212. The Morgan fingerprint density at radius 3 is 2.24 bits per heavy atom. The molecule has 0 aromatic carbocycles. The first-order valence-electron chi connectivity index (χ1n) is 7.46. The van der Waals surface area contributed by atoms with Gasteiger partial charge in [0.05, 0.1) is 0 Å². The van der Waals surface area contributed by atoms with Crippen molar-refractivity contribution in [3.63, 3.8) is 0 Å². The normalized spacial score (nSPS) is 35.6. The molecule has 2 saturated carbocycles. The smallest absolute Gasteiger partial charge is 0.0499 e. The van der Waals surface area contributed by atoms with Gasteiger partial charge < -0.3 is 10.0 Å². The molecule has 0 aliphatic heterocycles. The van der Waals surface area contributed by atoms with Crippen molar-refractivity contribution >= 4 is 0 Å². The first-order valence-corrected chi connectivity index (χ1v) is 7.46. The maximum absolute atomic E-state index is 9.79. The first-order chi connectivity index (χ1) is 8.15. The Morgan fingerprint density at radius 1 is 1.12 bits per heavy atom. The summed E-state index contributed by atoms with van der Waals surface area (Å²) in [5.74, 6) is 0.867. The van der Waals surface area contributed by atoms with E-state index in [2.05, 4.69) is 18.9 Å². The van der Waals surface area contributed by atoms with Crippen molar-refractivity contribution in [2.24, 2.45) is 11.3 Å². The van der Waals surface area contributed by atoms with Crippen LogP contribution >= 0.6 is 0 Å². The van der Waals surface area contributed by atoms with Gasteiger partial charge in [0.2, 0.25) is 0 Å². The van der Waals surface area contributed by atoms with Gasteiger partial charge in [0.15, 0.2) is 0 Å². The van der Waals surface area contributed by atoms with Gasteiger partial charge in [-0.05, 0) is 38.6 Å². The lowest BCUT2D eigenvalue weighted by Crippen LogP contribution is -2.44. The zero-order valence-corrected chi connectivity index (χ0v) is 11.6. The average Bonchev–Trinajstić information content (AvgIpc) is 2.86. The second-order valence-electron chi connectivity index (χ2n) is 6.69. The van der Waals surface area contributed by atoms with Gasteiger partial charge >= 0.3 is 0 Å². The summed E-state index contributed by atoms with van der Waals surface area (Å²) in [5.41, 5.74) is 0.212. The Balaban J connectivity index is 1.89. The molecule has 1 N–H and O–H groups in total. The molecule has 0 radical (unpaired) electrons. The van der Waals surface area contributed by atoms with Gasteiger partial charge in [0, 0.05) is 24.6 Å². The summed E-state index contributed by atoms with van der Waals surface area (Å²) in [5, 5.41) is 9.79. The number of nitrogens with zero attached hydrogens (tertiary/aromatic N) is 1. The Labute approximate surface area is 106 Å². The lowest BCUT2D eigenvalue weighted by Gasteiger charge is -2.42. The molecule has 2 fully saturated rings. The van der Waals surface area contributed by atoms with Crippen molar-refractivity contribution < 1.29 is 5.11 Å². The molecule has 0 unspecified atom stereocenters. The molecule has 0 bridgehead atoms. The molecule has 2 nitrogen and oxygen atoms in total. The van der Waals surface area contributed by atoms with E-state index in [-0.39, 0.29) is 5.41 Å². The van der Waals surface area contributed by atoms with Crippen LogP contribution < -0.4 is 0 Å². The van der Waals surface area contributed by atoms with Crippen LogP contribution in [0.4, 0.5) is 0 Å². The largest absolute Gasteiger partial charge is 0.396 e. The maximum atomic E-state index is 9.79. The number of hydrogen-bond donors (Lipinski definition) is 1. The van der Waals surface area contributed by atoms with Gasteiger partial charge in [-0.15, -0.1) is 0 Å². The third-order valence-corrected chi connectivity index (χ3v) is 5.20. The zero-order valence-electron chi connectivity index (χ0n) is 11.6. The summed E-state index contributed by atoms with van der Waals surface area (Å²) >= 11 is 0. The van der Waals surface area contributed by atoms with Gasteiger partial charge in [-0.3, -0.25) is 0 Å². The molecule has 0 spiro atoms. The molecule has 0 heterocycles. The van der Waals surface area contributed by atoms with E-state index in [4.69, 9.17) is 0 Å². The fourth-order valence-corrected chi connectivity index (χ4v) is 3.74. The molecule has 0 atom stereocenters. The lowest BCUT2D eigenvalue weighted by atomic mass is 9.71. The van der Waals surface area contributed by atoms with Crippen molar-refractivity contribution in [2.45, 2.75) is 64.3 Å². The molecule has 100 valence electrons. The van der Waals surface area contributed by atoms with Crippen LogP contribution in [0.25, 0.3) is 0 Å². The molecule has 0 aromatic heterocycles. The van der Waals surface area contributed by atoms with Crippen LogP contribution in [0, 0.1) is 11.3 Å². The highest BCUT2D eigenvalue weighted by molar-refractivity contribution is 4.88. The standard InChI is InChI=1S/C15H29NO/c1-13-7-9-15(12-17,10-8-13)11-16(2)14-5-3-4-6-14/h13-14,17H,3-12H2,1-2H3. The van der Waals surface area contributed by atoms with Gasteiger partial charge in [0.25, 0.3) is 0 Å². The fourth-order valence-electron chi connectivity index (χ4n) is 3.74. The SMILES string of the molecule is CC1CCC(CO)(CN(C)C2CCCC2)CC1. The summed E-state index contributed by atoms with van der Waals surface area (Å²) < 4.78 is 0. The summed E-state index contributed by atoms with van der Waals surface area (Å²) in [4.78, 5) is 2.54. The van der Waals surface area contributed by atoms with Crippen molar-refractivity contribution in [1.29, 1.82) is 0 Å². The van der Waals surface area contributed by atoms with Crippen LogP contribution in [0.15, 0.2) is 0 Å². The molecule has 17 heavy (non-hydrogen) atoms. The highest BCUT2D eigenvalue weighted by Crippen LogP contribution is 2.40. The Hall–Kier alpha value is -0.0800. The van der Waals surface area contributed by atoms with Crippen LogP contribution in [0.5, 0.6) is 0 Å². The highest BCUT2D eigenvalue weighted by Gasteiger charge is 2.36. The van der Waals surface area contributed by atoms with E-state index in [0.717, 1.165) is 18.5 Å². The number of hydrogen-bond acceptors (Lipinski definition) is 2. The summed E-state index contributed by atoms with van der Waals surface area (Å²) in [7, 11) is 2.27. The Morgan fingerprint density at radius 2 is 1.71 bits per heavy atom. The monoisotopic (exact) mass is 239 g/mol. The molecule has 2 aliphatic rings. The third kappa shape index (κ3) is 3.23. The average molecular weight is 239 g/mol. The molecular formula is C15H29NO. The topological polar surface area (TPSA) is 23.5 Å². The third-order valence-electron chi connectivity index (χ3n) is 5.20. The van der Waals surface area contributed by atoms with E-state index in [9.17, 15) is 5.11 Å². The molecule has 2 heteroatoms. The maximum Gasteiger partial charge on any atom is 0.0499 e. The Kier molecular flexibility index (Phi) is 4.48. The van der Waals surface area contributed by atoms with Crippen LogP contribution in [0.2, 0.25) is 0 Å². The fraction of sp³-hybridized carbons (Fsp3) is 1.00. The van der Waals surface area contributed by atoms with Crippen LogP contribution in [-0.4, -0.2) is 36.2 Å². The first kappa shape index (κ1) is 13.4. The quantitative estimate of drug-likeness (QED) is 0.815. The van der Waals surface area contributed by atoms with E-state index in [0.29, 0.717) is 6.61 Å². The number of aliphatic hydroxyl groups excluding tert-OH is 1. The van der Waals surface area contributed by atoms with Crippen molar-refractivity contribution in [2.75, 3.05) is 20.2 Å². The van der Waals surface area contributed by atoms with Gasteiger partial charge in [-0.1, -0.05) is 32.6 Å². The predicted octanol–water partition coefficient (Wildman–Crippen LogP) is 3.05. The molecule has 0 amide bonds. The molecule has 2 aliphatic carbocycles. The van der Waals surface area contributed by atoms with Crippen molar-refractivity contribution in [1.82, 2.24) is 4.90 Å². The van der Waals surface area contributed by atoms with Crippen molar-refractivity contribution in [3.05, 3.63) is 0 Å². The molecule has 2 rings (SSSR count). The molecule has 0 aromatic rings. The van der Waals surface area contributed by atoms with E-state index in [1.165, 1.54) is 51.4 Å².